The number of pyridine rings is 1. The first kappa shape index (κ1) is 28.4. The Bertz CT molecular complexity index is 1340. The molecule has 1 aliphatic carbocycles. The average molecular weight is 569 g/mol. The van der Waals surface area contributed by atoms with Gasteiger partial charge in [0.05, 0.1) is 18.2 Å². The minimum atomic E-state index is -4.49. The number of hydrogen-bond donors (Lipinski definition) is 0. The average Bonchev–Trinajstić information content (AvgIpc) is 3.53. The quantitative estimate of drug-likeness (QED) is 0.493. The van der Waals surface area contributed by atoms with E-state index in [1.807, 2.05) is 30.9 Å². The van der Waals surface area contributed by atoms with Crippen molar-refractivity contribution in [1.82, 2.24) is 19.1 Å². The highest BCUT2D eigenvalue weighted by Crippen LogP contribution is 2.35. The Morgan fingerprint density at radius 3 is 2.52 bits per heavy atom. The van der Waals surface area contributed by atoms with Crippen LogP contribution in [-0.2, 0) is 24.4 Å². The summed E-state index contributed by atoms with van der Waals surface area (Å²) in [5.41, 5.74) is -0.0800. The first-order valence-electron chi connectivity index (χ1n) is 14.0. The summed E-state index contributed by atoms with van der Waals surface area (Å²) < 4.78 is 27.4. The highest BCUT2D eigenvalue weighted by Gasteiger charge is 2.55. The lowest BCUT2D eigenvalue weighted by molar-refractivity contribution is -0.144. The Kier molecular flexibility index (Phi) is 8.05. The van der Waals surface area contributed by atoms with E-state index in [-0.39, 0.29) is 48.6 Å². The van der Waals surface area contributed by atoms with Crippen LogP contribution in [0, 0.1) is 23.7 Å². The number of likely N-dealkylation sites (tertiary alicyclic amines) is 2. The van der Waals surface area contributed by atoms with Crippen LogP contribution in [0.5, 0.6) is 0 Å². The molecule has 5 atom stereocenters. The molecule has 0 radical (unpaired) electrons. The van der Waals surface area contributed by atoms with Crippen LogP contribution in [0.25, 0.3) is 0 Å². The molecule has 10 nitrogen and oxygen atoms in total. The third kappa shape index (κ3) is 5.41. The minimum absolute atomic E-state index is 0.0531. The summed E-state index contributed by atoms with van der Waals surface area (Å²) in [7, 11) is -4.49. The molecule has 0 bridgehead atoms. The molecule has 11 heteroatoms. The number of sulfonamides is 1. The van der Waals surface area contributed by atoms with Gasteiger partial charge in [0.2, 0.25) is 11.8 Å². The second-order valence-electron chi connectivity index (χ2n) is 11.6. The zero-order chi connectivity index (χ0) is 28.6. The highest BCUT2D eigenvalue weighted by atomic mass is 32.2. The normalized spacial score (nSPS) is 27.1. The van der Waals surface area contributed by atoms with Gasteiger partial charge in [0, 0.05) is 50.3 Å². The monoisotopic (exact) mass is 568 g/mol. The molecule has 0 aromatic carbocycles. The summed E-state index contributed by atoms with van der Waals surface area (Å²) in [6.45, 7) is 4.98. The van der Waals surface area contributed by atoms with Crippen LogP contribution in [0.15, 0.2) is 48.8 Å². The van der Waals surface area contributed by atoms with E-state index in [0.717, 1.165) is 10.7 Å². The lowest BCUT2D eigenvalue weighted by Gasteiger charge is -2.38. The highest BCUT2D eigenvalue weighted by molar-refractivity contribution is 8.04. The van der Waals surface area contributed by atoms with Crippen LogP contribution in [0.2, 0.25) is 0 Å². The van der Waals surface area contributed by atoms with Gasteiger partial charge in [-0.05, 0) is 43.2 Å². The molecule has 0 saturated carbocycles. The number of allylic oxidation sites excluding steroid dienone is 3. The molecular formula is C29H36N4O6S. The molecule has 4 aliphatic rings. The number of fused-ring (bicyclic) bond motifs is 2. The van der Waals surface area contributed by atoms with Crippen molar-refractivity contribution in [3.05, 3.63) is 54.4 Å². The third-order valence-corrected chi connectivity index (χ3v) is 10.2. The van der Waals surface area contributed by atoms with Crippen molar-refractivity contribution in [1.29, 1.82) is 0 Å². The van der Waals surface area contributed by atoms with Crippen LogP contribution in [0.4, 0.5) is 0 Å². The van der Waals surface area contributed by atoms with Crippen LogP contribution >= 0.6 is 0 Å². The largest absolute Gasteiger partial charge is 0.342 e. The first-order chi connectivity index (χ1) is 19.1. The van der Waals surface area contributed by atoms with E-state index in [1.54, 1.807) is 0 Å². The molecule has 3 aliphatic heterocycles. The number of rotatable bonds is 7. The summed E-state index contributed by atoms with van der Waals surface area (Å²) in [5, 5.41) is -1.12. The Labute approximate surface area is 235 Å². The molecule has 5 rings (SSSR count). The van der Waals surface area contributed by atoms with E-state index >= 15 is 0 Å². The number of hydrogen-bond acceptors (Lipinski definition) is 7. The molecular weight excluding hydrogens is 532 g/mol. The number of piperidine rings is 1. The maximum Gasteiger partial charge on any atom is 0.293 e. The number of carbonyl (C=O) groups is 4. The van der Waals surface area contributed by atoms with Gasteiger partial charge in [0.25, 0.3) is 15.1 Å². The Hall–Kier alpha value is -3.18. The van der Waals surface area contributed by atoms with Crippen molar-refractivity contribution in [2.45, 2.75) is 51.6 Å². The van der Waals surface area contributed by atoms with Gasteiger partial charge in [-0.25, -0.2) is 8.42 Å². The third-order valence-electron chi connectivity index (χ3n) is 8.52. The Balaban J connectivity index is 1.30. The van der Waals surface area contributed by atoms with E-state index in [2.05, 4.69) is 17.1 Å². The molecule has 0 spiro atoms. The molecule has 1 aromatic rings. The van der Waals surface area contributed by atoms with Gasteiger partial charge >= 0.3 is 0 Å². The fraction of sp³-hybridized carbons (Fsp3) is 0.552. The fourth-order valence-corrected chi connectivity index (χ4v) is 8.08. The molecule has 3 saturated heterocycles. The molecule has 4 heterocycles. The summed E-state index contributed by atoms with van der Waals surface area (Å²) in [6.07, 6.45) is 12.7. The van der Waals surface area contributed by atoms with Crippen molar-refractivity contribution < 1.29 is 27.6 Å². The molecule has 3 fully saturated rings. The molecule has 1 aromatic heterocycles. The minimum Gasteiger partial charge on any atom is -0.342 e. The van der Waals surface area contributed by atoms with Crippen molar-refractivity contribution in [3.63, 3.8) is 0 Å². The molecule has 0 N–H and O–H groups in total. The topological polar surface area (TPSA) is 125 Å². The van der Waals surface area contributed by atoms with E-state index < -0.39 is 45.5 Å². The summed E-state index contributed by atoms with van der Waals surface area (Å²) >= 11 is 0. The number of nitrogens with zero attached hydrogens (tertiary/aromatic N) is 4. The van der Waals surface area contributed by atoms with Crippen molar-refractivity contribution in [2.24, 2.45) is 23.7 Å². The van der Waals surface area contributed by atoms with Gasteiger partial charge in [-0.2, -0.15) is 4.31 Å². The van der Waals surface area contributed by atoms with Gasteiger partial charge in [-0.3, -0.25) is 24.2 Å². The van der Waals surface area contributed by atoms with E-state index in [1.165, 1.54) is 29.4 Å². The summed E-state index contributed by atoms with van der Waals surface area (Å²) in [4.78, 5) is 60.3. The maximum atomic E-state index is 13.9. The number of ketones is 1. The van der Waals surface area contributed by atoms with E-state index in [9.17, 15) is 27.6 Å². The van der Waals surface area contributed by atoms with Crippen molar-refractivity contribution in [2.75, 3.05) is 26.2 Å². The van der Waals surface area contributed by atoms with Crippen molar-refractivity contribution >= 4 is 32.7 Å². The lowest BCUT2D eigenvalue weighted by atomic mass is 9.82. The van der Waals surface area contributed by atoms with Gasteiger partial charge in [0.1, 0.15) is 6.04 Å². The first-order valence-corrected chi connectivity index (χ1v) is 15.4. The predicted molar refractivity (Wildman–Crippen MR) is 147 cm³/mol. The molecule has 214 valence electrons. The Morgan fingerprint density at radius 2 is 1.82 bits per heavy atom. The van der Waals surface area contributed by atoms with Crippen molar-refractivity contribution in [3.8, 4) is 0 Å². The van der Waals surface area contributed by atoms with Gasteiger partial charge in [0.15, 0.2) is 5.78 Å². The number of aromatic nitrogens is 1. The second-order valence-corrected chi connectivity index (χ2v) is 13.4. The van der Waals surface area contributed by atoms with E-state index in [4.69, 9.17) is 0 Å². The van der Waals surface area contributed by atoms with Gasteiger partial charge in [-0.1, -0.05) is 38.2 Å². The number of carbonyl (C=O) groups excluding carboxylic acids is 4. The predicted octanol–water partition coefficient (Wildman–Crippen LogP) is 2.05. The molecule has 5 unspecified atom stereocenters. The van der Waals surface area contributed by atoms with Gasteiger partial charge in [-0.15, -0.1) is 0 Å². The lowest BCUT2D eigenvalue weighted by Crippen LogP contribution is -2.48. The fourth-order valence-electron chi connectivity index (χ4n) is 6.58. The summed E-state index contributed by atoms with van der Waals surface area (Å²) in [5.74, 6) is -0.531. The molecule has 2 amide bonds. The smallest absolute Gasteiger partial charge is 0.293 e. The SMILES string of the molecule is CC(C)CC(CC(=O)N1CCC2C=CC=CC2C1)C(=O)N1CCC2C1C(=O)CN2S(=O)(=O)C(=O)c1cccnc1. The zero-order valence-corrected chi connectivity index (χ0v) is 23.7. The maximum absolute atomic E-state index is 13.9. The zero-order valence-electron chi connectivity index (χ0n) is 22.9. The summed E-state index contributed by atoms with van der Waals surface area (Å²) in [6, 6.07) is 1.08. The second kappa shape index (κ2) is 11.4. The molecule has 40 heavy (non-hydrogen) atoms. The van der Waals surface area contributed by atoms with Gasteiger partial charge < -0.3 is 9.80 Å². The van der Waals surface area contributed by atoms with Crippen LogP contribution < -0.4 is 0 Å². The van der Waals surface area contributed by atoms with Crippen LogP contribution in [-0.4, -0.2) is 88.5 Å². The van der Waals surface area contributed by atoms with E-state index in [0.29, 0.717) is 25.4 Å². The number of Topliss-reactive ketones (excluding diaryl/α,β-unsaturated/α-hetero) is 1. The number of amides is 2. The van der Waals surface area contributed by atoms with Crippen LogP contribution in [0.1, 0.15) is 49.9 Å². The van der Waals surface area contributed by atoms with Crippen LogP contribution in [0.3, 0.4) is 0 Å². The standard InChI is InChI=1S/C29H36N4O6S/c1-19(2)14-23(15-26(35)31-12-9-20-6-3-4-7-22(20)17-31)28(36)32-13-10-24-27(32)25(34)18-33(24)40(38,39)29(37)21-8-5-11-30-16-21/h3-8,11,16,19-20,22-24,27H,9-10,12-15,17-18H2,1-2H3. The Morgan fingerprint density at radius 1 is 1.07 bits per heavy atom.